The molecule has 3 fully saturated rings. The van der Waals surface area contributed by atoms with E-state index < -0.39 is 10.0 Å². The molecule has 2 saturated carbocycles. The van der Waals surface area contributed by atoms with Gasteiger partial charge in [0.2, 0.25) is 15.9 Å². The van der Waals surface area contributed by atoms with E-state index >= 15 is 0 Å². The van der Waals surface area contributed by atoms with Gasteiger partial charge < -0.3 is 4.74 Å². The van der Waals surface area contributed by atoms with E-state index in [-0.39, 0.29) is 11.2 Å². The van der Waals surface area contributed by atoms with Gasteiger partial charge in [-0.1, -0.05) is 0 Å². The van der Waals surface area contributed by atoms with Crippen molar-refractivity contribution < 1.29 is 13.2 Å². The number of ether oxygens (including phenoxy) is 1. The summed E-state index contributed by atoms with van der Waals surface area (Å²) in [5.41, 5.74) is 0.733. The minimum absolute atomic E-state index is 0.133. The van der Waals surface area contributed by atoms with E-state index in [0.717, 1.165) is 43.6 Å². The molecule has 25 heavy (non-hydrogen) atoms. The molecular weight excluding hydrogens is 342 g/mol. The van der Waals surface area contributed by atoms with Crippen LogP contribution in [0, 0.1) is 5.92 Å². The maximum Gasteiger partial charge on any atom is 0.231 e. The number of hydrogen-bond donors (Lipinski definition) is 0. The third-order valence-corrected chi connectivity index (χ3v) is 7.59. The van der Waals surface area contributed by atoms with Crippen molar-refractivity contribution in [2.45, 2.75) is 43.3 Å². The van der Waals surface area contributed by atoms with Crippen molar-refractivity contribution in [2.24, 2.45) is 5.92 Å². The van der Waals surface area contributed by atoms with Gasteiger partial charge in [0, 0.05) is 31.0 Å². The van der Waals surface area contributed by atoms with Crippen molar-refractivity contribution in [3.63, 3.8) is 0 Å². The van der Waals surface area contributed by atoms with E-state index in [4.69, 9.17) is 4.74 Å². The minimum atomic E-state index is -3.07. The zero-order valence-electron chi connectivity index (χ0n) is 13.9. The first-order valence-electron chi connectivity index (χ1n) is 8.95. The molecule has 0 amide bonds. The average Bonchev–Trinajstić information content (AvgIpc) is 3.54. The maximum atomic E-state index is 12.3. The summed E-state index contributed by atoms with van der Waals surface area (Å²) in [6.45, 7) is 1.65. The van der Waals surface area contributed by atoms with Gasteiger partial charge in [0.25, 0.3) is 0 Å². The van der Waals surface area contributed by atoms with E-state index in [9.17, 15) is 8.42 Å². The third-order valence-electron chi connectivity index (χ3n) is 5.23. The van der Waals surface area contributed by atoms with Crippen LogP contribution in [-0.2, 0) is 10.0 Å². The molecule has 0 N–H and O–H groups in total. The molecule has 3 aliphatic rings. The van der Waals surface area contributed by atoms with Crippen LogP contribution in [0.25, 0.3) is 5.65 Å². The van der Waals surface area contributed by atoms with Gasteiger partial charge in [-0.25, -0.2) is 12.7 Å². The number of nitrogens with zero attached hydrogens (tertiary/aromatic N) is 5. The molecule has 1 atom stereocenters. The molecule has 134 valence electrons. The fourth-order valence-electron chi connectivity index (χ4n) is 3.41. The molecule has 2 aliphatic carbocycles. The van der Waals surface area contributed by atoms with Crippen molar-refractivity contribution >= 4 is 15.7 Å². The van der Waals surface area contributed by atoms with Crippen molar-refractivity contribution in [2.75, 3.05) is 19.7 Å². The molecule has 5 rings (SSSR count). The van der Waals surface area contributed by atoms with Gasteiger partial charge in [-0.05, 0) is 38.2 Å². The molecule has 1 unspecified atom stereocenters. The van der Waals surface area contributed by atoms with Gasteiger partial charge in [0.05, 0.1) is 11.9 Å². The highest BCUT2D eigenvalue weighted by atomic mass is 32.2. The monoisotopic (exact) mass is 363 g/mol. The quantitative estimate of drug-likeness (QED) is 0.766. The lowest BCUT2D eigenvalue weighted by Crippen LogP contribution is -2.32. The zero-order chi connectivity index (χ0) is 17.0. The summed E-state index contributed by atoms with van der Waals surface area (Å²) in [4.78, 5) is 0. The molecule has 8 nitrogen and oxygen atoms in total. The Balaban J connectivity index is 1.24. The molecule has 3 heterocycles. The molecule has 0 aromatic carbocycles. The van der Waals surface area contributed by atoms with Crippen LogP contribution in [0.5, 0.6) is 5.88 Å². The summed E-state index contributed by atoms with van der Waals surface area (Å²) in [6, 6.07) is 3.66. The molecule has 0 spiro atoms. The number of hydrogen-bond acceptors (Lipinski definition) is 6. The molecule has 9 heteroatoms. The smallest absolute Gasteiger partial charge is 0.231 e. The number of aromatic nitrogens is 4. The molecule has 2 aromatic heterocycles. The van der Waals surface area contributed by atoms with E-state index in [1.807, 2.05) is 6.07 Å². The van der Waals surface area contributed by atoms with Crippen LogP contribution < -0.4 is 4.74 Å². The van der Waals surface area contributed by atoms with Crippen LogP contribution in [0.4, 0.5) is 0 Å². The topological polar surface area (TPSA) is 89.7 Å². The Morgan fingerprint density at radius 2 is 1.96 bits per heavy atom. The highest BCUT2D eigenvalue weighted by Gasteiger charge is 2.42. The predicted octanol–water partition coefficient (Wildman–Crippen LogP) is 1.19. The van der Waals surface area contributed by atoms with E-state index in [1.165, 1.54) is 0 Å². The highest BCUT2D eigenvalue weighted by Crippen LogP contribution is 2.38. The summed E-state index contributed by atoms with van der Waals surface area (Å²) in [6.07, 6.45) is 4.74. The third kappa shape index (κ3) is 2.89. The maximum absolute atomic E-state index is 12.3. The minimum Gasteiger partial charge on any atom is -0.476 e. The lowest BCUT2D eigenvalue weighted by molar-refractivity contribution is 0.243. The second-order valence-electron chi connectivity index (χ2n) is 7.34. The van der Waals surface area contributed by atoms with Crippen LogP contribution in [0.2, 0.25) is 0 Å². The first-order valence-corrected chi connectivity index (χ1v) is 10.5. The zero-order valence-corrected chi connectivity index (χ0v) is 14.7. The summed E-state index contributed by atoms with van der Waals surface area (Å²) in [7, 11) is -3.07. The van der Waals surface area contributed by atoms with Gasteiger partial charge in [0.15, 0.2) is 11.5 Å². The Labute approximate surface area is 146 Å². The van der Waals surface area contributed by atoms with E-state index in [2.05, 4.69) is 15.3 Å². The Hall–Kier alpha value is -1.74. The second-order valence-corrected chi connectivity index (χ2v) is 9.56. The molecular formula is C16H21N5O3S. The molecule has 1 aliphatic heterocycles. The number of sulfonamides is 1. The van der Waals surface area contributed by atoms with Crippen LogP contribution >= 0.6 is 0 Å². The van der Waals surface area contributed by atoms with Crippen LogP contribution in [0.1, 0.15) is 43.8 Å². The van der Waals surface area contributed by atoms with Crippen LogP contribution in [0.15, 0.2) is 12.1 Å². The van der Waals surface area contributed by atoms with E-state index in [1.54, 1.807) is 14.9 Å². The largest absolute Gasteiger partial charge is 0.476 e. The van der Waals surface area contributed by atoms with Gasteiger partial charge in [0.1, 0.15) is 0 Å². The lowest BCUT2D eigenvalue weighted by atomic mass is 10.1. The highest BCUT2D eigenvalue weighted by molar-refractivity contribution is 7.90. The fraction of sp³-hybridized carbons (Fsp3) is 0.688. The van der Waals surface area contributed by atoms with Crippen molar-refractivity contribution in [3.8, 4) is 5.88 Å². The summed E-state index contributed by atoms with van der Waals surface area (Å²) >= 11 is 0. The van der Waals surface area contributed by atoms with Crippen LogP contribution in [-0.4, -0.2) is 57.5 Å². The van der Waals surface area contributed by atoms with E-state index in [0.29, 0.717) is 31.5 Å². The Kier molecular flexibility index (Phi) is 3.50. The summed E-state index contributed by atoms with van der Waals surface area (Å²) in [5, 5.41) is 12.7. The number of rotatable bonds is 6. The second kappa shape index (κ2) is 5.63. The Morgan fingerprint density at radius 3 is 2.72 bits per heavy atom. The number of fused-ring (bicyclic) bond motifs is 1. The Morgan fingerprint density at radius 1 is 1.12 bits per heavy atom. The fourth-order valence-corrected chi connectivity index (χ4v) is 5.34. The van der Waals surface area contributed by atoms with Gasteiger partial charge >= 0.3 is 0 Å². The van der Waals surface area contributed by atoms with Gasteiger partial charge in [-0.3, -0.25) is 0 Å². The van der Waals surface area contributed by atoms with Crippen LogP contribution in [0.3, 0.4) is 0 Å². The van der Waals surface area contributed by atoms with Gasteiger partial charge in [-0.2, -0.15) is 4.52 Å². The first kappa shape index (κ1) is 15.5. The van der Waals surface area contributed by atoms with Gasteiger partial charge in [-0.15, -0.1) is 15.3 Å². The Bertz CT molecular complexity index is 904. The van der Waals surface area contributed by atoms with Crippen molar-refractivity contribution in [1.29, 1.82) is 0 Å². The average molecular weight is 363 g/mol. The lowest BCUT2D eigenvalue weighted by Gasteiger charge is -2.16. The standard InChI is InChI=1S/C16H21N5O3S/c22-25(23,13-3-4-13)20-8-7-11(9-20)10-24-15-6-5-14-17-18-16(12-1-2-12)21(14)19-15/h5-6,11-13H,1-4,7-10H2. The summed E-state index contributed by atoms with van der Waals surface area (Å²) in [5.74, 6) is 2.13. The van der Waals surface area contributed by atoms with Crippen molar-refractivity contribution in [1.82, 2.24) is 24.1 Å². The molecule has 0 bridgehead atoms. The molecule has 2 aromatic rings. The molecule has 0 radical (unpaired) electrons. The first-order chi connectivity index (χ1) is 12.1. The summed E-state index contributed by atoms with van der Waals surface area (Å²) < 4.78 is 33.8. The SMILES string of the molecule is O=S(=O)(C1CC1)N1CCC(COc2ccc3nnc(C4CC4)n3n2)C1. The van der Waals surface area contributed by atoms with Crippen molar-refractivity contribution in [3.05, 3.63) is 18.0 Å². The predicted molar refractivity (Wildman–Crippen MR) is 89.9 cm³/mol. The normalized spacial score (nSPS) is 24.9. The molecule has 1 saturated heterocycles.